The number of nitrogens with zero attached hydrogens (tertiary/aromatic N) is 2. The monoisotopic (exact) mass is 536 g/mol. The predicted octanol–water partition coefficient (Wildman–Crippen LogP) is 3.40. The van der Waals surface area contributed by atoms with E-state index in [2.05, 4.69) is 9.71 Å². The Morgan fingerprint density at radius 3 is 2.58 bits per heavy atom. The SMILES string of the molecule is Cc1cc(COc2ccc([S+]([O-])NC3(CC(=O)NO)CN(C(=O)C4CCCC4)C3)cc2)c2ccccc2n1. The molecule has 2 amide bonds. The minimum absolute atomic E-state index is 0.0340. The fraction of sp³-hybridized carbons (Fsp3) is 0.393. The molecule has 9 nitrogen and oxygen atoms in total. The molecule has 3 aromatic rings. The third kappa shape index (κ3) is 5.78. The van der Waals surface area contributed by atoms with Gasteiger partial charge in [-0.1, -0.05) is 31.0 Å². The van der Waals surface area contributed by atoms with Crippen LogP contribution in [0.15, 0.2) is 59.5 Å². The van der Waals surface area contributed by atoms with Gasteiger partial charge in [0.2, 0.25) is 11.8 Å². The molecule has 0 spiro atoms. The van der Waals surface area contributed by atoms with Gasteiger partial charge in [0, 0.05) is 35.7 Å². The Bertz CT molecular complexity index is 1310. The Kier molecular flexibility index (Phi) is 7.85. The number of aromatic nitrogens is 1. The maximum Gasteiger partial charge on any atom is 0.245 e. The first-order valence-corrected chi connectivity index (χ1v) is 14.0. The number of nitrogens with one attached hydrogen (secondary N) is 2. The normalized spacial score (nSPS) is 17.7. The zero-order valence-corrected chi connectivity index (χ0v) is 22.1. The number of aryl methyl sites for hydroxylation is 1. The first-order chi connectivity index (χ1) is 18.4. The summed E-state index contributed by atoms with van der Waals surface area (Å²) in [5, 5.41) is 10.1. The number of amides is 2. The van der Waals surface area contributed by atoms with Gasteiger partial charge >= 0.3 is 0 Å². The van der Waals surface area contributed by atoms with Crippen LogP contribution in [0.4, 0.5) is 0 Å². The summed E-state index contributed by atoms with van der Waals surface area (Å²) in [6.07, 6.45) is 3.81. The van der Waals surface area contributed by atoms with Crippen LogP contribution in [0.2, 0.25) is 0 Å². The molecule has 1 aliphatic heterocycles. The molecule has 2 heterocycles. The Labute approximate surface area is 224 Å². The third-order valence-corrected chi connectivity index (χ3v) is 8.62. The molecule has 1 aliphatic carbocycles. The van der Waals surface area contributed by atoms with Crippen molar-refractivity contribution < 1.29 is 24.1 Å². The number of hydrogen-bond donors (Lipinski definition) is 3. The molecule has 2 aromatic carbocycles. The molecule has 3 N–H and O–H groups in total. The Morgan fingerprint density at radius 1 is 1.16 bits per heavy atom. The highest BCUT2D eigenvalue weighted by Gasteiger charge is 2.51. The number of rotatable bonds is 9. The fourth-order valence-electron chi connectivity index (χ4n) is 5.42. The van der Waals surface area contributed by atoms with Gasteiger partial charge in [0.1, 0.15) is 17.9 Å². The van der Waals surface area contributed by atoms with Gasteiger partial charge in [-0.3, -0.25) is 19.8 Å². The first-order valence-electron chi connectivity index (χ1n) is 12.9. The number of fused-ring (bicyclic) bond motifs is 1. The number of hydrogen-bond acceptors (Lipinski definition) is 7. The van der Waals surface area contributed by atoms with E-state index in [9.17, 15) is 14.1 Å². The largest absolute Gasteiger partial charge is 0.593 e. The van der Waals surface area contributed by atoms with Crippen LogP contribution in [-0.2, 0) is 27.6 Å². The lowest BCUT2D eigenvalue weighted by atomic mass is 9.86. The van der Waals surface area contributed by atoms with Gasteiger partial charge in [0.05, 0.1) is 23.3 Å². The zero-order valence-electron chi connectivity index (χ0n) is 21.3. The minimum Gasteiger partial charge on any atom is -0.593 e. The lowest BCUT2D eigenvalue weighted by molar-refractivity contribution is -0.146. The van der Waals surface area contributed by atoms with Crippen molar-refractivity contribution in [1.29, 1.82) is 0 Å². The highest BCUT2D eigenvalue weighted by atomic mass is 32.2. The summed E-state index contributed by atoms with van der Waals surface area (Å²) in [5.41, 5.74) is 3.65. The summed E-state index contributed by atoms with van der Waals surface area (Å²) in [5.74, 6) is 0.168. The molecule has 2 aliphatic rings. The number of pyridine rings is 1. The van der Waals surface area contributed by atoms with Crippen LogP contribution in [-0.4, -0.2) is 50.1 Å². The molecule has 1 saturated heterocycles. The molecule has 38 heavy (non-hydrogen) atoms. The summed E-state index contributed by atoms with van der Waals surface area (Å²) in [6, 6.07) is 16.9. The lowest BCUT2D eigenvalue weighted by Gasteiger charge is -2.49. The number of para-hydroxylation sites is 1. The number of carbonyl (C=O) groups is 2. The van der Waals surface area contributed by atoms with E-state index in [1.54, 1.807) is 34.6 Å². The van der Waals surface area contributed by atoms with Crippen LogP contribution >= 0.6 is 0 Å². The average molecular weight is 537 g/mol. The standard InChI is InChI=1S/C28H32N4O5S/c1-19-14-21(24-8-4-5-9-25(24)29-19)16-37-22-10-12-23(13-11-22)38(36)31-28(15-26(33)30-35)17-32(18-28)27(34)20-6-2-3-7-20/h4-5,8-14,20,31,35H,2-3,6-7,15-18H2,1H3,(H,30,33). The Balaban J connectivity index is 1.22. The van der Waals surface area contributed by atoms with Gasteiger partial charge in [0.25, 0.3) is 0 Å². The maximum absolute atomic E-state index is 13.2. The number of ether oxygens (including phenoxy) is 1. The van der Waals surface area contributed by atoms with E-state index in [0.717, 1.165) is 47.8 Å². The molecule has 0 bridgehead atoms. The van der Waals surface area contributed by atoms with Gasteiger partial charge in [-0.2, -0.15) is 0 Å². The topological polar surface area (TPSA) is 127 Å². The second kappa shape index (κ2) is 11.3. The van der Waals surface area contributed by atoms with Crippen molar-refractivity contribution in [3.05, 3.63) is 65.9 Å². The summed E-state index contributed by atoms with van der Waals surface area (Å²) < 4.78 is 22.2. The predicted molar refractivity (Wildman–Crippen MR) is 143 cm³/mol. The van der Waals surface area contributed by atoms with Crippen molar-refractivity contribution in [2.24, 2.45) is 5.92 Å². The van der Waals surface area contributed by atoms with Crippen molar-refractivity contribution in [2.75, 3.05) is 13.1 Å². The fourth-order valence-corrected chi connectivity index (χ4v) is 6.52. The quantitative estimate of drug-likeness (QED) is 0.217. The highest BCUT2D eigenvalue weighted by Crippen LogP contribution is 2.33. The van der Waals surface area contributed by atoms with Crippen molar-refractivity contribution >= 4 is 34.1 Å². The summed E-state index contributed by atoms with van der Waals surface area (Å²) in [7, 11) is 0. The van der Waals surface area contributed by atoms with Gasteiger partial charge in [-0.25, -0.2) is 5.48 Å². The first kappa shape index (κ1) is 26.4. The van der Waals surface area contributed by atoms with Crippen molar-refractivity contribution in [2.45, 2.75) is 56.1 Å². The lowest BCUT2D eigenvalue weighted by Crippen LogP contribution is -2.72. The van der Waals surface area contributed by atoms with Gasteiger partial charge in [-0.05, 0) is 56.2 Å². The molecular weight excluding hydrogens is 504 g/mol. The number of hydroxylamine groups is 1. The van der Waals surface area contributed by atoms with Crippen LogP contribution in [0.3, 0.4) is 0 Å². The molecule has 1 saturated carbocycles. The van der Waals surface area contributed by atoms with Crippen LogP contribution in [0.5, 0.6) is 5.75 Å². The maximum atomic E-state index is 13.2. The Hall–Kier alpha value is -3.18. The van der Waals surface area contributed by atoms with E-state index in [0.29, 0.717) is 17.3 Å². The van der Waals surface area contributed by atoms with Crippen molar-refractivity contribution in [3.8, 4) is 5.75 Å². The van der Waals surface area contributed by atoms with Gasteiger partial charge in [-0.15, -0.1) is 4.72 Å². The van der Waals surface area contributed by atoms with E-state index in [1.165, 1.54) is 0 Å². The Morgan fingerprint density at radius 2 is 1.87 bits per heavy atom. The number of benzene rings is 2. The van der Waals surface area contributed by atoms with Crippen molar-refractivity contribution in [3.63, 3.8) is 0 Å². The minimum atomic E-state index is -1.63. The summed E-state index contributed by atoms with van der Waals surface area (Å²) in [4.78, 5) is 31.6. The van der Waals surface area contributed by atoms with Crippen LogP contribution in [0.25, 0.3) is 10.9 Å². The van der Waals surface area contributed by atoms with E-state index in [1.807, 2.05) is 37.3 Å². The van der Waals surface area contributed by atoms with E-state index in [-0.39, 0.29) is 31.3 Å². The van der Waals surface area contributed by atoms with Gasteiger partial charge < -0.3 is 14.2 Å². The van der Waals surface area contributed by atoms with E-state index >= 15 is 0 Å². The molecule has 10 heteroatoms. The molecular formula is C28H32N4O5S. The zero-order chi connectivity index (χ0) is 26.7. The smallest absolute Gasteiger partial charge is 0.245 e. The summed E-state index contributed by atoms with van der Waals surface area (Å²) >= 11 is -1.63. The molecule has 0 radical (unpaired) electrons. The second-order valence-electron chi connectivity index (χ2n) is 10.2. The van der Waals surface area contributed by atoms with Crippen LogP contribution < -0.4 is 14.9 Å². The van der Waals surface area contributed by atoms with Crippen LogP contribution in [0, 0.1) is 12.8 Å². The molecule has 5 rings (SSSR count). The summed E-state index contributed by atoms with van der Waals surface area (Å²) in [6.45, 7) is 2.86. The average Bonchev–Trinajstić information content (AvgIpc) is 3.45. The third-order valence-electron chi connectivity index (χ3n) is 7.30. The molecule has 1 unspecified atom stereocenters. The van der Waals surface area contributed by atoms with Crippen LogP contribution in [0.1, 0.15) is 43.4 Å². The second-order valence-corrected chi connectivity index (χ2v) is 11.5. The molecule has 1 aromatic heterocycles. The molecule has 1 atom stereocenters. The van der Waals surface area contributed by atoms with E-state index in [4.69, 9.17) is 9.94 Å². The molecule has 2 fully saturated rings. The van der Waals surface area contributed by atoms with E-state index < -0.39 is 22.8 Å². The number of carbonyl (C=O) groups excluding carboxylic acids is 2. The van der Waals surface area contributed by atoms with Crippen molar-refractivity contribution in [1.82, 2.24) is 20.1 Å². The number of likely N-dealkylation sites (tertiary alicyclic amines) is 1. The highest BCUT2D eigenvalue weighted by molar-refractivity contribution is 7.89. The van der Waals surface area contributed by atoms with Gasteiger partial charge in [0.15, 0.2) is 4.90 Å². The molecule has 200 valence electrons.